The molecule has 90 valence electrons. The lowest BCUT2D eigenvalue weighted by Gasteiger charge is -2.17. The van der Waals surface area contributed by atoms with E-state index in [2.05, 4.69) is 13.8 Å². The molecule has 2 heteroatoms. The van der Waals surface area contributed by atoms with E-state index in [0.717, 1.165) is 24.8 Å². The maximum Gasteiger partial charge on any atom is 0.129 e. The molecule has 0 spiro atoms. The van der Waals surface area contributed by atoms with Crippen molar-refractivity contribution in [3.05, 3.63) is 34.6 Å². The van der Waals surface area contributed by atoms with Gasteiger partial charge in [0.25, 0.3) is 0 Å². The molecule has 0 heterocycles. The molecule has 16 heavy (non-hydrogen) atoms. The van der Waals surface area contributed by atoms with Crippen LogP contribution in [0.1, 0.15) is 50.0 Å². The molecule has 1 nitrogen and oxygen atoms in total. The Morgan fingerprint density at radius 2 is 1.69 bits per heavy atom. The van der Waals surface area contributed by atoms with Gasteiger partial charge in [-0.2, -0.15) is 0 Å². The van der Waals surface area contributed by atoms with E-state index < -0.39 is 0 Å². The first-order valence-corrected chi connectivity index (χ1v) is 6.01. The lowest BCUT2D eigenvalue weighted by atomic mass is 9.96. The van der Waals surface area contributed by atoms with E-state index in [9.17, 15) is 4.39 Å². The van der Waals surface area contributed by atoms with Crippen LogP contribution in [-0.2, 0) is 17.6 Å². The zero-order chi connectivity index (χ0) is 12.1. The van der Waals surface area contributed by atoms with Crippen molar-refractivity contribution in [2.24, 2.45) is 0 Å². The number of aryl methyl sites for hydroxylation is 2. The van der Waals surface area contributed by atoms with Gasteiger partial charge in [-0.15, -0.1) is 0 Å². The van der Waals surface area contributed by atoms with Crippen molar-refractivity contribution in [2.75, 3.05) is 7.11 Å². The van der Waals surface area contributed by atoms with E-state index in [1.807, 2.05) is 13.0 Å². The first-order chi connectivity index (χ1) is 7.67. The quantitative estimate of drug-likeness (QED) is 0.733. The van der Waals surface area contributed by atoms with Gasteiger partial charge in [0.1, 0.15) is 5.82 Å². The van der Waals surface area contributed by atoms with Crippen molar-refractivity contribution in [1.29, 1.82) is 0 Å². The van der Waals surface area contributed by atoms with Gasteiger partial charge in [0.15, 0.2) is 0 Å². The highest BCUT2D eigenvalue weighted by molar-refractivity contribution is 5.34. The first-order valence-electron chi connectivity index (χ1n) is 6.01. The summed E-state index contributed by atoms with van der Waals surface area (Å²) in [5.41, 5.74) is 3.03. The molecule has 1 unspecified atom stereocenters. The van der Waals surface area contributed by atoms with Crippen LogP contribution in [0, 0.1) is 5.82 Å². The third-order valence-electron chi connectivity index (χ3n) is 3.08. The average molecular weight is 224 g/mol. The monoisotopic (exact) mass is 224 g/mol. The zero-order valence-corrected chi connectivity index (χ0v) is 10.6. The smallest absolute Gasteiger partial charge is 0.129 e. The maximum absolute atomic E-state index is 13.9. The van der Waals surface area contributed by atoms with Crippen molar-refractivity contribution in [2.45, 2.75) is 46.1 Å². The topological polar surface area (TPSA) is 9.23 Å². The predicted molar refractivity (Wildman–Crippen MR) is 65.2 cm³/mol. The minimum atomic E-state index is -0.136. The lowest BCUT2D eigenvalue weighted by molar-refractivity contribution is 0.0967. The molecule has 1 rings (SSSR count). The molecule has 0 saturated carbocycles. The van der Waals surface area contributed by atoms with Gasteiger partial charge < -0.3 is 4.74 Å². The van der Waals surface area contributed by atoms with Crippen LogP contribution in [0.15, 0.2) is 12.1 Å². The van der Waals surface area contributed by atoms with E-state index in [1.54, 1.807) is 13.2 Å². The molecule has 1 aromatic carbocycles. The van der Waals surface area contributed by atoms with E-state index in [1.165, 1.54) is 5.56 Å². The minimum absolute atomic E-state index is 0.129. The molecule has 1 atom stereocenters. The highest BCUT2D eigenvalue weighted by atomic mass is 19.1. The molecule has 0 radical (unpaired) electrons. The molecule has 0 bridgehead atoms. The van der Waals surface area contributed by atoms with Gasteiger partial charge in [-0.05, 0) is 36.5 Å². The Balaban J connectivity index is 3.19. The van der Waals surface area contributed by atoms with Crippen molar-refractivity contribution in [3.63, 3.8) is 0 Å². The third-order valence-corrected chi connectivity index (χ3v) is 3.08. The molecule has 0 amide bonds. The van der Waals surface area contributed by atoms with Gasteiger partial charge in [0.2, 0.25) is 0 Å². The van der Waals surface area contributed by atoms with Crippen LogP contribution in [0.4, 0.5) is 4.39 Å². The number of rotatable bonds is 5. The van der Waals surface area contributed by atoms with Gasteiger partial charge in [0.05, 0.1) is 6.10 Å². The van der Waals surface area contributed by atoms with Gasteiger partial charge in [-0.25, -0.2) is 4.39 Å². The maximum atomic E-state index is 13.9. The second-order valence-electron chi connectivity index (χ2n) is 3.98. The molecule has 0 aliphatic rings. The molecule has 0 aromatic heterocycles. The number of halogens is 1. The van der Waals surface area contributed by atoms with E-state index >= 15 is 0 Å². The molecule has 0 N–H and O–H groups in total. The molecular formula is C14H21FO. The average Bonchev–Trinajstić information content (AvgIpc) is 2.32. The fourth-order valence-electron chi connectivity index (χ4n) is 2.10. The Bertz CT molecular complexity index is 343. The van der Waals surface area contributed by atoms with Crippen molar-refractivity contribution in [3.8, 4) is 0 Å². The molecule has 0 fully saturated rings. The fraction of sp³-hybridized carbons (Fsp3) is 0.571. The summed E-state index contributed by atoms with van der Waals surface area (Å²) in [6, 6.07) is 3.63. The van der Waals surface area contributed by atoms with Gasteiger partial charge in [-0.1, -0.05) is 26.8 Å². The summed E-state index contributed by atoms with van der Waals surface area (Å²) in [6.07, 6.45) is 2.49. The second-order valence-corrected chi connectivity index (χ2v) is 3.98. The summed E-state index contributed by atoms with van der Waals surface area (Å²) in [5.74, 6) is -0.136. The normalized spacial score (nSPS) is 12.8. The summed E-state index contributed by atoms with van der Waals surface area (Å²) in [4.78, 5) is 0. The Labute approximate surface area is 97.6 Å². The molecule has 0 saturated heterocycles. The second kappa shape index (κ2) is 6.00. The number of ether oxygens (including phenoxy) is 1. The molecule has 0 aliphatic carbocycles. The number of methoxy groups -OCH3 is 1. The lowest BCUT2D eigenvalue weighted by Crippen LogP contribution is -2.05. The van der Waals surface area contributed by atoms with Crippen molar-refractivity contribution in [1.82, 2.24) is 0 Å². The largest absolute Gasteiger partial charge is 0.377 e. The standard InChI is InChI=1S/C14H21FO/c1-5-10-8-12(14(7-3)16-4)13(15)9-11(10)6-2/h8-9,14H,5-7H2,1-4H3. The molecular weight excluding hydrogens is 203 g/mol. The Hall–Kier alpha value is -0.890. The fourth-order valence-corrected chi connectivity index (χ4v) is 2.10. The Morgan fingerprint density at radius 3 is 2.12 bits per heavy atom. The van der Waals surface area contributed by atoms with Crippen LogP contribution in [0.5, 0.6) is 0 Å². The van der Waals surface area contributed by atoms with Crippen LogP contribution < -0.4 is 0 Å². The Kier molecular flexibility index (Phi) is 4.94. The van der Waals surface area contributed by atoms with E-state index in [4.69, 9.17) is 4.74 Å². The molecule has 1 aromatic rings. The highest BCUT2D eigenvalue weighted by Gasteiger charge is 2.15. The Morgan fingerprint density at radius 1 is 1.12 bits per heavy atom. The summed E-state index contributed by atoms with van der Waals surface area (Å²) >= 11 is 0. The van der Waals surface area contributed by atoms with E-state index in [-0.39, 0.29) is 11.9 Å². The SMILES string of the molecule is CCc1cc(F)c(C(CC)OC)cc1CC. The van der Waals surface area contributed by atoms with Gasteiger partial charge in [0, 0.05) is 12.7 Å². The summed E-state index contributed by atoms with van der Waals surface area (Å²) in [5, 5.41) is 0. The molecule has 0 aliphatic heterocycles. The van der Waals surface area contributed by atoms with Crippen LogP contribution in [-0.4, -0.2) is 7.11 Å². The summed E-state index contributed by atoms with van der Waals surface area (Å²) < 4.78 is 19.2. The summed E-state index contributed by atoms with van der Waals surface area (Å²) in [7, 11) is 1.63. The van der Waals surface area contributed by atoms with E-state index in [0.29, 0.717) is 5.56 Å². The van der Waals surface area contributed by atoms with Gasteiger partial charge >= 0.3 is 0 Å². The van der Waals surface area contributed by atoms with Crippen LogP contribution in [0.2, 0.25) is 0 Å². The number of benzene rings is 1. The third kappa shape index (κ3) is 2.62. The minimum Gasteiger partial charge on any atom is -0.377 e. The van der Waals surface area contributed by atoms with Crippen molar-refractivity contribution >= 4 is 0 Å². The van der Waals surface area contributed by atoms with Gasteiger partial charge in [-0.3, -0.25) is 0 Å². The van der Waals surface area contributed by atoms with Crippen LogP contribution in [0.3, 0.4) is 0 Å². The number of hydrogen-bond donors (Lipinski definition) is 0. The first kappa shape index (κ1) is 13.2. The zero-order valence-electron chi connectivity index (χ0n) is 10.6. The number of hydrogen-bond acceptors (Lipinski definition) is 1. The highest BCUT2D eigenvalue weighted by Crippen LogP contribution is 2.26. The van der Waals surface area contributed by atoms with Crippen molar-refractivity contribution < 1.29 is 9.13 Å². The summed E-state index contributed by atoms with van der Waals surface area (Å²) in [6.45, 7) is 6.16. The van der Waals surface area contributed by atoms with Crippen LogP contribution >= 0.6 is 0 Å². The predicted octanol–water partition coefficient (Wildman–Crippen LogP) is 4.05. The van der Waals surface area contributed by atoms with Crippen LogP contribution in [0.25, 0.3) is 0 Å².